The highest BCUT2D eigenvalue weighted by atomic mass is 35.5. The van der Waals surface area contributed by atoms with Crippen LogP contribution in [-0.2, 0) is 4.79 Å². The van der Waals surface area contributed by atoms with E-state index in [1.165, 1.54) is 16.8 Å². The molecule has 9 heteroatoms. The fraction of sp³-hybridized carbons (Fsp3) is 0.333. The molecule has 0 spiro atoms. The van der Waals surface area contributed by atoms with E-state index in [-0.39, 0.29) is 11.6 Å². The number of aryl methyl sites for hydroxylation is 1. The first-order chi connectivity index (χ1) is 11.1. The monoisotopic (exact) mass is 368 g/mol. The van der Waals surface area contributed by atoms with Crippen LogP contribution in [0.4, 0.5) is 11.5 Å². The lowest BCUT2D eigenvalue weighted by Crippen LogP contribution is -2.27. The number of benzene rings is 1. The molecule has 1 amide bonds. The molecule has 2 aromatic rings. The van der Waals surface area contributed by atoms with Crippen LogP contribution in [0.3, 0.4) is 0 Å². The maximum Gasteiger partial charge on any atom is 0.269 e. The predicted molar refractivity (Wildman–Crippen MR) is 90.7 cm³/mol. The molecule has 1 unspecified atom stereocenters. The van der Waals surface area contributed by atoms with Gasteiger partial charge >= 0.3 is 0 Å². The molecule has 1 aliphatic rings. The van der Waals surface area contributed by atoms with Crippen molar-refractivity contribution in [1.29, 1.82) is 0 Å². The van der Waals surface area contributed by atoms with Gasteiger partial charge < -0.3 is 5.32 Å². The van der Waals surface area contributed by atoms with E-state index in [1.807, 2.05) is 0 Å². The first-order valence-electron chi connectivity index (χ1n) is 7.15. The van der Waals surface area contributed by atoms with Gasteiger partial charge in [-0.2, -0.15) is 5.10 Å². The number of nitro benzene ring substituents is 1. The number of amides is 1. The Kier molecular flexibility index (Phi) is 3.80. The van der Waals surface area contributed by atoms with Crippen LogP contribution < -0.4 is 5.32 Å². The third kappa shape index (κ3) is 2.74. The number of hydrogen-bond donors (Lipinski definition) is 1. The average molecular weight is 369 g/mol. The number of nitro groups is 1. The topological polar surface area (TPSA) is 90.1 Å². The zero-order chi connectivity index (χ0) is 17.7. The zero-order valence-electron chi connectivity index (χ0n) is 12.9. The van der Waals surface area contributed by atoms with Crippen LogP contribution in [0.1, 0.15) is 19.0 Å². The Morgan fingerprint density at radius 1 is 1.38 bits per heavy atom. The molecule has 0 saturated heterocycles. The van der Waals surface area contributed by atoms with Crippen molar-refractivity contribution in [3.05, 3.63) is 46.1 Å². The van der Waals surface area contributed by atoms with Crippen molar-refractivity contribution in [2.75, 3.05) is 5.32 Å². The summed E-state index contributed by atoms with van der Waals surface area (Å²) in [5.74, 6) is 0.152. The molecule has 1 atom stereocenters. The molecule has 1 heterocycles. The Bertz CT molecular complexity index is 832. The van der Waals surface area contributed by atoms with Crippen molar-refractivity contribution in [3.8, 4) is 5.69 Å². The SMILES string of the molecule is Cc1cc(NC(=O)C2(C)CC2(Cl)Cl)n(-c2ccc([N+](=O)[O-])cc2)n1. The van der Waals surface area contributed by atoms with E-state index in [0.29, 0.717) is 23.6 Å². The van der Waals surface area contributed by atoms with Gasteiger partial charge in [0, 0.05) is 18.2 Å². The minimum Gasteiger partial charge on any atom is -0.310 e. The number of carbonyl (C=O) groups is 1. The van der Waals surface area contributed by atoms with Gasteiger partial charge in [0.2, 0.25) is 5.91 Å². The molecule has 0 aliphatic heterocycles. The molecule has 7 nitrogen and oxygen atoms in total. The lowest BCUT2D eigenvalue weighted by atomic mass is 10.1. The van der Waals surface area contributed by atoms with E-state index in [1.54, 1.807) is 32.0 Å². The smallest absolute Gasteiger partial charge is 0.269 e. The minimum absolute atomic E-state index is 0.0206. The fourth-order valence-electron chi connectivity index (χ4n) is 2.40. The normalized spacial score (nSPS) is 21.3. The second-order valence-corrected chi connectivity index (χ2v) is 7.51. The summed E-state index contributed by atoms with van der Waals surface area (Å²) in [6.07, 6.45) is 0.375. The van der Waals surface area contributed by atoms with Crippen LogP contribution in [0.15, 0.2) is 30.3 Å². The summed E-state index contributed by atoms with van der Waals surface area (Å²) < 4.78 is 0.442. The van der Waals surface area contributed by atoms with Gasteiger partial charge in [-0.15, -0.1) is 23.2 Å². The summed E-state index contributed by atoms with van der Waals surface area (Å²) >= 11 is 12.1. The molecule has 0 radical (unpaired) electrons. The van der Waals surface area contributed by atoms with E-state index >= 15 is 0 Å². The number of aromatic nitrogens is 2. The molecule has 1 N–H and O–H groups in total. The summed E-state index contributed by atoms with van der Waals surface area (Å²) in [5, 5.41) is 17.8. The van der Waals surface area contributed by atoms with E-state index in [2.05, 4.69) is 10.4 Å². The molecule has 0 bridgehead atoms. The number of anilines is 1. The first kappa shape index (κ1) is 16.7. The van der Waals surface area contributed by atoms with Gasteiger partial charge in [0.1, 0.15) is 10.2 Å². The second kappa shape index (κ2) is 5.46. The Balaban J connectivity index is 1.88. The fourth-order valence-corrected chi connectivity index (χ4v) is 3.11. The van der Waals surface area contributed by atoms with E-state index in [4.69, 9.17) is 23.2 Å². The zero-order valence-corrected chi connectivity index (χ0v) is 14.4. The highest BCUT2D eigenvalue weighted by Gasteiger charge is 2.68. The van der Waals surface area contributed by atoms with Gasteiger partial charge in [-0.1, -0.05) is 0 Å². The standard InChI is InChI=1S/C15H14Cl2N4O3/c1-9-7-12(18-13(22)14(2)8-15(14,16)17)20(19-9)10-3-5-11(6-4-10)21(23)24/h3-7H,8H2,1-2H3,(H,18,22). The van der Waals surface area contributed by atoms with Gasteiger partial charge in [-0.05, 0) is 32.4 Å². The number of hydrogen-bond acceptors (Lipinski definition) is 4. The summed E-state index contributed by atoms with van der Waals surface area (Å²) in [4.78, 5) is 22.7. The minimum atomic E-state index is -1.07. The van der Waals surface area contributed by atoms with Gasteiger partial charge in [0.25, 0.3) is 5.69 Å². The van der Waals surface area contributed by atoms with Crippen molar-refractivity contribution in [3.63, 3.8) is 0 Å². The van der Waals surface area contributed by atoms with Crippen LogP contribution in [0, 0.1) is 22.5 Å². The summed E-state index contributed by atoms with van der Waals surface area (Å²) in [5.41, 5.74) is 0.405. The Hall–Kier alpha value is -2.12. The first-order valence-corrected chi connectivity index (χ1v) is 7.90. The van der Waals surface area contributed by atoms with Crippen molar-refractivity contribution in [2.45, 2.75) is 24.6 Å². The molecule has 1 fully saturated rings. The quantitative estimate of drug-likeness (QED) is 0.506. The Morgan fingerprint density at radius 3 is 2.46 bits per heavy atom. The number of non-ortho nitro benzene ring substituents is 1. The highest BCUT2D eigenvalue weighted by Crippen LogP contribution is 2.64. The van der Waals surface area contributed by atoms with Crippen molar-refractivity contribution >= 4 is 40.6 Å². The maximum atomic E-state index is 12.4. The van der Waals surface area contributed by atoms with Crippen LogP contribution in [0.25, 0.3) is 5.69 Å². The van der Waals surface area contributed by atoms with Gasteiger partial charge in [0.15, 0.2) is 0 Å². The van der Waals surface area contributed by atoms with Crippen LogP contribution in [0.2, 0.25) is 0 Å². The number of carbonyl (C=O) groups excluding carboxylic acids is 1. The molecule has 24 heavy (non-hydrogen) atoms. The average Bonchev–Trinajstić information content (AvgIpc) is 2.85. The molecular weight excluding hydrogens is 355 g/mol. The second-order valence-electron chi connectivity index (χ2n) is 6.02. The molecular formula is C15H14Cl2N4O3. The molecule has 3 rings (SSSR count). The molecule has 1 aromatic heterocycles. The van der Waals surface area contributed by atoms with Gasteiger partial charge in [-0.25, -0.2) is 4.68 Å². The largest absolute Gasteiger partial charge is 0.310 e. The summed E-state index contributed by atoms with van der Waals surface area (Å²) in [6.45, 7) is 3.48. The summed E-state index contributed by atoms with van der Waals surface area (Å²) in [6, 6.07) is 7.58. The predicted octanol–water partition coefficient (Wildman–Crippen LogP) is 3.61. The number of halogens is 2. The maximum absolute atomic E-state index is 12.4. The highest BCUT2D eigenvalue weighted by molar-refractivity contribution is 6.53. The lowest BCUT2D eigenvalue weighted by molar-refractivity contribution is -0.384. The van der Waals surface area contributed by atoms with E-state index in [9.17, 15) is 14.9 Å². The summed E-state index contributed by atoms with van der Waals surface area (Å²) in [7, 11) is 0. The van der Waals surface area contributed by atoms with Gasteiger partial charge in [-0.3, -0.25) is 14.9 Å². The van der Waals surface area contributed by atoms with Crippen LogP contribution >= 0.6 is 23.2 Å². The van der Waals surface area contributed by atoms with E-state index < -0.39 is 14.7 Å². The van der Waals surface area contributed by atoms with Crippen molar-refractivity contribution in [1.82, 2.24) is 9.78 Å². The van der Waals surface area contributed by atoms with Crippen LogP contribution in [0.5, 0.6) is 0 Å². The third-order valence-corrected chi connectivity index (χ3v) is 5.24. The Labute approximate surface area is 147 Å². The van der Waals surface area contributed by atoms with Crippen molar-refractivity contribution < 1.29 is 9.72 Å². The number of nitrogens with one attached hydrogen (secondary N) is 1. The number of rotatable bonds is 4. The van der Waals surface area contributed by atoms with Crippen LogP contribution in [-0.4, -0.2) is 24.9 Å². The molecule has 1 saturated carbocycles. The number of alkyl halides is 2. The Morgan fingerprint density at radius 2 is 1.96 bits per heavy atom. The third-order valence-electron chi connectivity index (χ3n) is 4.14. The molecule has 126 valence electrons. The lowest BCUT2D eigenvalue weighted by Gasteiger charge is -2.13. The number of nitrogens with zero attached hydrogens (tertiary/aromatic N) is 3. The van der Waals surface area contributed by atoms with Gasteiger partial charge in [0.05, 0.1) is 21.7 Å². The molecule has 1 aromatic carbocycles. The van der Waals surface area contributed by atoms with E-state index in [0.717, 1.165) is 0 Å². The van der Waals surface area contributed by atoms with Crippen molar-refractivity contribution in [2.24, 2.45) is 5.41 Å². The molecule has 1 aliphatic carbocycles.